The molecule has 0 radical (unpaired) electrons. The smallest absolute Gasteiger partial charge is 0.269 e. The molecule has 142 valence electrons. The van der Waals surface area contributed by atoms with Gasteiger partial charge in [-0.3, -0.25) is 25.2 Å². The second-order valence-corrected chi connectivity index (χ2v) is 6.00. The summed E-state index contributed by atoms with van der Waals surface area (Å²) in [6.45, 7) is 2.15. The molecule has 0 unspecified atom stereocenters. The summed E-state index contributed by atoms with van der Waals surface area (Å²) in [6.07, 6.45) is 3.82. The van der Waals surface area contributed by atoms with Crippen molar-refractivity contribution in [3.8, 4) is 11.5 Å². The van der Waals surface area contributed by atoms with Crippen molar-refractivity contribution in [2.24, 2.45) is 5.92 Å². The van der Waals surface area contributed by atoms with Crippen molar-refractivity contribution in [1.82, 2.24) is 16.2 Å². The summed E-state index contributed by atoms with van der Waals surface area (Å²) in [5.74, 6) is -0.154. The van der Waals surface area contributed by atoms with Gasteiger partial charge in [0.15, 0.2) is 11.5 Å². The highest BCUT2D eigenvalue weighted by Gasteiger charge is 2.22. The first-order valence-electron chi connectivity index (χ1n) is 8.72. The van der Waals surface area contributed by atoms with Gasteiger partial charge < -0.3 is 14.8 Å². The first-order chi connectivity index (χ1) is 12.5. The van der Waals surface area contributed by atoms with Crippen LogP contribution in [0.1, 0.15) is 43.0 Å². The molecule has 1 fully saturated rings. The number of rotatable bonds is 7. The van der Waals surface area contributed by atoms with Crippen LogP contribution in [0.15, 0.2) is 18.2 Å². The molecule has 0 atom stereocenters. The monoisotopic (exact) mass is 363 g/mol. The third-order valence-electron chi connectivity index (χ3n) is 4.19. The number of benzene rings is 1. The standard InChI is InChI=1S/C18H25N3O5/c1-3-26-14-9-8-13(10-15(14)25-2)18(24)21-20-16(22)11-19-17(23)12-6-4-5-7-12/h8-10,12H,3-7,11H2,1-2H3,(H,19,23)(H,20,22)(H,21,24). The van der Waals surface area contributed by atoms with E-state index >= 15 is 0 Å². The van der Waals surface area contributed by atoms with E-state index in [-0.39, 0.29) is 18.4 Å². The quantitative estimate of drug-likeness (QED) is 0.631. The summed E-state index contributed by atoms with van der Waals surface area (Å²) in [5, 5.41) is 2.59. The molecule has 0 saturated heterocycles. The molecule has 1 aromatic rings. The van der Waals surface area contributed by atoms with Crippen molar-refractivity contribution < 1.29 is 23.9 Å². The Bertz CT molecular complexity index is 656. The molecule has 0 spiro atoms. The lowest BCUT2D eigenvalue weighted by Gasteiger charge is -2.12. The minimum absolute atomic E-state index is 0.00582. The van der Waals surface area contributed by atoms with Gasteiger partial charge in [0.05, 0.1) is 20.3 Å². The molecule has 0 heterocycles. The number of ether oxygens (including phenoxy) is 2. The number of methoxy groups -OCH3 is 1. The van der Waals surface area contributed by atoms with E-state index in [4.69, 9.17) is 9.47 Å². The minimum Gasteiger partial charge on any atom is -0.493 e. The Kier molecular flexibility index (Phi) is 7.25. The van der Waals surface area contributed by atoms with Gasteiger partial charge >= 0.3 is 0 Å². The average molecular weight is 363 g/mol. The number of carbonyl (C=O) groups is 3. The van der Waals surface area contributed by atoms with E-state index < -0.39 is 11.8 Å². The van der Waals surface area contributed by atoms with Gasteiger partial charge in [0.25, 0.3) is 11.8 Å². The third kappa shape index (κ3) is 5.37. The van der Waals surface area contributed by atoms with E-state index in [2.05, 4.69) is 16.2 Å². The third-order valence-corrected chi connectivity index (χ3v) is 4.19. The SMILES string of the molecule is CCOc1ccc(C(=O)NNC(=O)CNC(=O)C2CCCC2)cc1OC. The van der Waals surface area contributed by atoms with Gasteiger partial charge in [0.2, 0.25) is 5.91 Å². The first-order valence-corrected chi connectivity index (χ1v) is 8.72. The summed E-state index contributed by atoms with van der Waals surface area (Å²) in [5.41, 5.74) is 4.89. The van der Waals surface area contributed by atoms with Crippen molar-refractivity contribution in [3.05, 3.63) is 23.8 Å². The first kappa shape index (κ1) is 19.6. The maximum Gasteiger partial charge on any atom is 0.269 e. The highest BCUT2D eigenvalue weighted by molar-refractivity contribution is 5.96. The Labute approximate surface area is 152 Å². The second kappa shape index (κ2) is 9.65. The maximum absolute atomic E-state index is 12.1. The zero-order valence-electron chi connectivity index (χ0n) is 15.1. The second-order valence-electron chi connectivity index (χ2n) is 6.00. The normalized spacial score (nSPS) is 13.8. The largest absolute Gasteiger partial charge is 0.493 e. The average Bonchev–Trinajstić information content (AvgIpc) is 3.19. The summed E-state index contributed by atoms with van der Waals surface area (Å²) < 4.78 is 10.6. The predicted octanol–water partition coefficient (Wildman–Crippen LogP) is 1.16. The Morgan fingerprint density at radius 3 is 2.50 bits per heavy atom. The summed E-state index contributed by atoms with van der Waals surface area (Å²) in [6, 6.07) is 4.71. The van der Waals surface area contributed by atoms with Gasteiger partial charge in [0.1, 0.15) is 0 Å². The van der Waals surface area contributed by atoms with Crippen molar-refractivity contribution in [3.63, 3.8) is 0 Å². The molecule has 3 N–H and O–H groups in total. The molecule has 2 rings (SSSR count). The van der Waals surface area contributed by atoms with Crippen LogP contribution in [0.4, 0.5) is 0 Å². The van der Waals surface area contributed by atoms with Gasteiger partial charge in [-0.15, -0.1) is 0 Å². The molecule has 8 heteroatoms. The molecule has 0 aromatic heterocycles. The fourth-order valence-corrected chi connectivity index (χ4v) is 2.83. The van der Waals surface area contributed by atoms with Crippen LogP contribution in [-0.2, 0) is 9.59 Å². The van der Waals surface area contributed by atoms with E-state index in [1.807, 2.05) is 6.92 Å². The molecule has 0 aliphatic heterocycles. The highest BCUT2D eigenvalue weighted by atomic mass is 16.5. The molecule has 0 bridgehead atoms. The Balaban J connectivity index is 1.80. The number of amides is 3. The lowest BCUT2D eigenvalue weighted by Crippen LogP contribution is -2.47. The topological polar surface area (TPSA) is 106 Å². The van der Waals surface area contributed by atoms with Crippen molar-refractivity contribution in [2.75, 3.05) is 20.3 Å². The van der Waals surface area contributed by atoms with Crippen LogP contribution in [0, 0.1) is 5.92 Å². The summed E-state index contributed by atoms with van der Waals surface area (Å²) in [7, 11) is 1.48. The van der Waals surface area contributed by atoms with Crippen LogP contribution in [0.5, 0.6) is 11.5 Å². The number of hydrazine groups is 1. The Morgan fingerprint density at radius 1 is 1.12 bits per heavy atom. The maximum atomic E-state index is 12.1. The fraction of sp³-hybridized carbons (Fsp3) is 0.500. The Morgan fingerprint density at radius 2 is 1.85 bits per heavy atom. The summed E-state index contributed by atoms with van der Waals surface area (Å²) >= 11 is 0. The predicted molar refractivity (Wildman–Crippen MR) is 94.7 cm³/mol. The molecule has 8 nitrogen and oxygen atoms in total. The lowest BCUT2D eigenvalue weighted by molar-refractivity contribution is -0.128. The molecule has 1 saturated carbocycles. The molecule has 3 amide bonds. The van der Waals surface area contributed by atoms with Crippen LogP contribution < -0.4 is 25.6 Å². The molecular formula is C18H25N3O5. The van der Waals surface area contributed by atoms with Gasteiger partial charge in [-0.05, 0) is 38.0 Å². The molecule has 1 aromatic carbocycles. The molecule has 1 aliphatic carbocycles. The zero-order valence-corrected chi connectivity index (χ0v) is 15.1. The van der Waals surface area contributed by atoms with Gasteiger partial charge in [-0.1, -0.05) is 12.8 Å². The zero-order chi connectivity index (χ0) is 18.9. The van der Waals surface area contributed by atoms with Crippen LogP contribution in [-0.4, -0.2) is 38.0 Å². The number of nitrogens with one attached hydrogen (secondary N) is 3. The van der Waals surface area contributed by atoms with Crippen LogP contribution in [0.25, 0.3) is 0 Å². The number of hydrogen-bond acceptors (Lipinski definition) is 5. The van der Waals surface area contributed by atoms with Crippen LogP contribution in [0.3, 0.4) is 0 Å². The van der Waals surface area contributed by atoms with E-state index in [0.717, 1.165) is 25.7 Å². The van der Waals surface area contributed by atoms with Gasteiger partial charge in [0, 0.05) is 11.5 Å². The summed E-state index contributed by atoms with van der Waals surface area (Å²) in [4.78, 5) is 35.8. The van der Waals surface area contributed by atoms with E-state index in [0.29, 0.717) is 23.7 Å². The van der Waals surface area contributed by atoms with E-state index in [1.165, 1.54) is 13.2 Å². The fourth-order valence-electron chi connectivity index (χ4n) is 2.83. The van der Waals surface area contributed by atoms with E-state index in [1.54, 1.807) is 12.1 Å². The van der Waals surface area contributed by atoms with Gasteiger partial charge in [-0.2, -0.15) is 0 Å². The van der Waals surface area contributed by atoms with Crippen molar-refractivity contribution >= 4 is 17.7 Å². The number of carbonyl (C=O) groups excluding carboxylic acids is 3. The van der Waals surface area contributed by atoms with E-state index in [9.17, 15) is 14.4 Å². The molecular weight excluding hydrogens is 338 g/mol. The van der Waals surface area contributed by atoms with Crippen molar-refractivity contribution in [1.29, 1.82) is 0 Å². The van der Waals surface area contributed by atoms with Crippen molar-refractivity contribution in [2.45, 2.75) is 32.6 Å². The highest BCUT2D eigenvalue weighted by Crippen LogP contribution is 2.28. The molecule has 26 heavy (non-hydrogen) atoms. The van der Waals surface area contributed by atoms with Crippen LogP contribution >= 0.6 is 0 Å². The van der Waals surface area contributed by atoms with Gasteiger partial charge in [-0.25, -0.2) is 0 Å². The number of hydrogen-bond donors (Lipinski definition) is 3. The minimum atomic E-state index is -0.498. The lowest BCUT2D eigenvalue weighted by atomic mass is 10.1. The van der Waals surface area contributed by atoms with Crippen LogP contribution in [0.2, 0.25) is 0 Å². The molecule has 1 aliphatic rings. The Hall–Kier alpha value is -2.77.